The maximum absolute atomic E-state index is 11.4. The summed E-state index contributed by atoms with van der Waals surface area (Å²) in [6.07, 6.45) is -3.58. The molecule has 0 aliphatic carbocycles. The third-order valence-electron chi connectivity index (χ3n) is 3.11. The number of amides is 1. The number of primary amides is 1. The van der Waals surface area contributed by atoms with Crippen LogP contribution in [-0.2, 0) is 4.74 Å². The maximum atomic E-state index is 11.4. The number of hydrogen-bond acceptors (Lipinski definition) is 8. The van der Waals surface area contributed by atoms with E-state index in [0.29, 0.717) is 0 Å². The molecule has 2 heterocycles. The van der Waals surface area contributed by atoms with E-state index in [2.05, 4.69) is 15.4 Å². The number of aliphatic hydroxyl groups excluding tert-OH is 3. The predicted octanol–water partition coefficient (Wildman–Crippen LogP) is -1.85. The molecule has 1 saturated heterocycles. The number of rotatable bonds is 5. The van der Waals surface area contributed by atoms with E-state index in [1.807, 2.05) is 0 Å². The number of carbonyl (C=O) groups is 1. The second-order valence-electron chi connectivity index (χ2n) is 4.96. The molecular formula is C11H18N6O5. The first-order chi connectivity index (χ1) is 10.4. The molecule has 11 nitrogen and oxygen atoms in total. The Morgan fingerprint density at radius 1 is 1.50 bits per heavy atom. The normalized spacial score (nSPS) is 28.4. The van der Waals surface area contributed by atoms with Crippen LogP contribution in [0.2, 0.25) is 0 Å². The minimum atomic E-state index is -1.36. The summed E-state index contributed by atoms with van der Waals surface area (Å²) in [4.78, 5) is 11.4. The largest absolute Gasteiger partial charge is 0.394 e. The first-order valence-corrected chi connectivity index (χ1v) is 6.45. The quantitative estimate of drug-likeness (QED) is 0.367. The molecule has 1 aliphatic heterocycles. The molecule has 0 bridgehead atoms. The van der Waals surface area contributed by atoms with Crippen LogP contribution < -0.4 is 5.73 Å². The maximum Gasteiger partial charge on any atom is 0.254 e. The fraction of sp³-hybridized carbons (Fsp3) is 0.636. The lowest BCUT2D eigenvalue weighted by atomic mass is 10.1. The van der Waals surface area contributed by atoms with Gasteiger partial charge in [-0.2, -0.15) is 5.10 Å². The van der Waals surface area contributed by atoms with E-state index in [0.717, 1.165) is 4.68 Å². The van der Waals surface area contributed by atoms with Crippen LogP contribution in [0.5, 0.6) is 0 Å². The number of nitrogens with zero attached hydrogens (tertiary/aromatic N) is 5. The number of aliphatic hydroxyl groups is 3. The number of aromatic nitrogens is 2. The average Bonchev–Trinajstić information content (AvgIpc) is 2.99. The van der Waals surface area contributed by atoms with Crippen LogP contribution in [0.1, 0.15) is 16.6 Å². The van der Waals surface area contributed by atoms with Crippen molar-refractivity contribution in [3.05, 3.63) is 11.8 Å². The highest BCUT2D eigenvalue weighted by Gasteiger charge is 2.45. The van der Waals surface area contributed by atoms with Gasteiger partial charge < -0.3 is 25.8 Å². The zero-order valence-electron chi connectivity index (χ0n) is 12.1. The Kier molecular flexibility index (Phi) is 4.71. The molecule has 1 aliphatic rings. The van der Waals surface area contributed by atoms with Crippen LogP contribution >= 0.6 is 0 Å². The van der Waals surface area contributed by atoms with Gasteiger partial charge in [-0.3, -0.25) is 9.80 Å². The molecule has 0 saturated carbocycles. The van der Waals surface area contributed by atoms with Gasteiger partial charge in [0.05, 0.1) is 12.8 Å². The molecule has 0 aromatic carbocycles. The van der Waals surface area contributed by atoms with Crippen molar-refractivity contribution in [1.82, 2.24) is 14.8 Å². The molecule has 5 N–H and O–H groups in total. The SMILES string of the molecule is CN(C)/N=N/c1c(C(N)=O)cnn1C1OC(CO)C(O)C1O. The van der Waals surface area contributed by atoms with Gasteiger partial charge in [0, 0.05) is 14.1 Å². The molecule has 0 spiro atoms. The topological polar surface area (TPSA) is 159 Å². The van der Waals surface area contributed by atoms with Crippen molar-refractivity contribution in [2.75, 3.05) is 20.7 Å². The van der Waals surface area contributed by atoms with Gasteiger partial charge in [0.25, 0.3) is 5.91 Å². The van der Waals surface area contributed by atoms with Crippen molar-refractivity contribution in [3.8, 4) is 0 Å². The number of nitrogens with two attached hydrogens (primary N) is 1. The van der Waals surface area contributed by atoms with Gasteiger partial charge in [-0.25, -0.2) is 4.68 Å². The summed E-state index contributed by atoms with van der Waals surface area (Å²) in [7, 11) is 3.25. The molecule has 0 radical (unpaired) electrons. The van der Waals surface area contributed by atoms with Gasteiger partial charge in [-0.05, 0) is 0 Å². The Hall–Kier alpha value is -2.08. The van der Waals surface area contributed by atoms with Crippen LogP contribution in [0.25, 0.3) is 0 Å². The zero-order chi connectivity index (χ0) is 16.4. The van der Waals surface area contributed by atoms with E-state index in [4.69, 9.17) is 15.6 Å². The molecule has 11 heteroatoms. The van der Waals surface area contributed by atoms with E-state index < -0.39 is 37.1 Å². The van der Waals surface area contributed by atoms with Gasteiger partial charge >= 0.3 is 0 Å². The second-order valence-corrected chi connectivity index (χ2v) is 4.96. The van der Waals surface area contributed by atoms with Crippen molar-refractivity contribution in [3.63, 3.8) is 0 Å². The Morgan fingerprint density at radius 3 is 2.68 bits per heavy atom. The van der Waals surface area contributed by atoms with E-state index in [9.17, 15) is 15.0 Å². The minimum absolute atomic E-state index is 0.0108. The van der Waals surface area contributed by atoms with Crippen molar-refractivity contribution in [2.45, 2.75) is 24.5 Å². The molecule has 2 rings (SSSR count). The van der Waals surface area contributed by atoms with Gasteiger partial charge in [0.2, 0.25) is 0 Å². The third-order valence-corrected chi connectivity index (χ3v) is 3.11. The summed E-state index contributed by atoms with van der Waals surface area (Å²) >= 11 is 0. The highest BCUT2D eigenvalue weighted by atomic mass is 16.6. The van der Waals surface area contributed by atoms with Gasteiger partial charge in [0.1, 0.15) is 23.9 Å². The third kappa shape index (κ3) is 2.92. The van der Waals surface area contributed by atoms with E-state index >= 15 is 0 Å². The minimum Gasteiger partial charge on any atom is -0.394 e. The molecule has 22 heavy (non-hydrogen) atoms. The number of carbonyl (C=O) groups excluding carboxylic acids is 1. The molecule has 4 unspecified atom stereocenters. The molecule has 1 aromatic rings. The summed E-state index contributed by atoms with van der Waals surface area (Å²) < 4.78 is 6.44. The van der Waals surface area contributed by atoms with Crippen LogP contribution in [-0.4, -0.2) is 75.0 Å². The van der Waals surface area contributed by atoms with Crippen LogP contribution in [0.15, 0.2) is 16.5 Å². The summed E-state index contributed by atoms with van der Waals surface area (Å²) in [6.45, 7) is -0.479. The fourth-order valence-electron chi connectivity index (χ4n) is 2.03. The Labute approximate surface area is 125 Å². The van der Waals surface area contributed by atoms with E-state index in [1.165, 1.54) is 11.2 Å². The second kappa shape index (κ2) is 6.36. The number of hydrogen-bond donors (Lipinski definition) is 4. The van der Waals surface area contributed by atoms with Crippen molar-refractivity contribution >= 4 is 11.7 Å². The summed E-state index contributed by atoms with van der Waals surface area (Å²) in [6, 6.07) is 0. The van der Waals surface area contributed by atoms with E-state index in [-0.39, 0.29) is 11.4 Å². The van der Waals surface area contributed by atoms with Gasteiger partial charge in [-0.1, -0.05) is 5.22 Å². The Bertz CT molecular complexity index is 573. The molecule has 4 atom stereocenters. The first-order valence-electron chi connectivity index (χ1n) is 6.45. The van der Waals surface area contributed by atoms with Crippen LogP contribution in [0.4, 0.5) is 5.82 Å². The lowest BCUT2D eigenvalue weighted by molar-refractivity contribution is -0.0577. The standard InChI is InChI=1S/C11H18N6O5/c1-16(2)15-14-10-5(9(12)21)3-13-17(10)11-8(20)7(19)6(4-18)22-11/h3,6-8,11,18-20H,4H2,1-2H3,(H2,12,21)/b15-14+. The summed E-state index contributed by atoms with van der Waals surface area (Å²) in [5, 5.41) is 41.8. The lowest BCUT2D eigenvalue weighted by Gasteiger charge is -2.16. The molecule has 122 valence electrons. The predicted molar refractivity (Wildman–Crippen MR) is 72.0 cm³/mol. The Balaban J connectivity index is 2.41. The van der Waals surface area contributed by atoms with Crippen molar-refractivity contribution in [1.29, 1.82) is 0 Å². The molecule has 1 aromatic heterocycles. The van der Waals surface area contributed by atoms with Crippen LogP contribution in [0.3, 0.4) is 0 Å². The highest BCUT2D eigenvalue weighted by Crippen LogP contribution is 2.33. The van der Waals surface area contributed by atoms with Gasteiger partial charge in [-0.15, -0.1) is 5.11 Å². The van der Waals surface area contributed by atoms with Crippen molar-refractivity contribution in [2.24, 2.45) is 16.1 Å². The fourth-order valence-corrected chi connectivity index (χ4v) is 2.03. The van der Waals surface area contributed by atoms with Crippen LogP contribution in [0, 0.1) is 0 Å². The molecule has 1 amide bonds. The van der Waals surface area contributed by atoms with E-state index in [1.54, 1.807) is 14.1 Å². The summed E-state index contributed by atoms with van der Waals surface area (Å²) in [5.74, 6) is -0.790. The summed E-state index contributed by atoms with van der Waals surface area (Å²) in [5.41, 5.74) is 5.24. The van der Waals surface area contributed by atoms with Crippen molar-refractivity contribution < 1.29 is 24.9 Å². The van der Waals surface area contributed by atoms with Gasteiger partial charge in [0.15, 0.2) is 12.0 Å². The first kappa shape index (κ1) is 16.3. The Morgan fingerprint density at radius 2 is 2.18 bits per heavy atom. The average molecular weight is 314 g/mol. The highest BCUT2D eigenvalue weighted by molar-refractivity contribution is 5.96. The lowest BCUT2D eigenvalue weighted by Crippen LogP contribution is -2.33. The molecule has 1 fully saturated rings. The molecular weight excluding hydrogens is 296 g/mol. The monoisotopic (exact) mass is 314 g/mol. The smallest absolute Gasteiger partial charge is 0.254 e. The zero-order valence-corrected chi connectivity index (χ0v) is 12.1. The number of ether oxygens (including phenoxy) is 1.